The van der Waals surface area contributed by atoms with Gasteiger partial charge < -0.3 is 19.9 Å². The first-order valence-electron chi connectivity index (χ1n) is 12.1. The van der Waals surface area contributed by atoms with Crippen molar-refractivity contribution in [3.05, 3.63) is 35.5 Å². The van der Waals surface area contributed by atoms with Gasteiger partial charge in [0.2, 0.25) is 0 Å². The Labute approximate surface area is 141 Å². The molecule has 1 amide bonds. The molecule has 2 heterocycles. The Kier molecular flexibility index (Phi) is 1.55. The van der Waals surface area contributed by atoms with Crippen molar-refractivity contribution in [2.75, 3.05) is 27.2 Å². The van der Waals surface area contributed by atoms with Gasteiger partial charge in [-0.2, -0.15) is 0 Å². The molecule has 1 atom stereocenters. The Morgan fingerprint density at radius 3 is 3.33 bits per heavy atom. The molecule has 1 aromatic heterocycles. The van der Waals surface area contributed by atoms with Crippen LogP contribution >= 0.6 is 0 Å². The molecule has 3 rings (SSSR count). The fourth-order valence-corrected chi connectivity index (χ4v) is 1.89. The highest BCUT2D eigenvalue weighted by atomic mass is 16.6. The summed E-state index contributed by atoms with van der Waals surface area (Å²) in [5.74, 6) is 0. The summed E-state index contributed by atoms with van der Waals surface area (Å²) in [6, 6.07) is -3.62. The highest BCUT2D eigenvalue weighted by molar-refractivity contribution is 5.84. The Morgan fingerprint density at radius 1 is 1.67 bits per heavy atom. The predicted octanol–water partition coefficient (Wildman–Crippen LogP) is 1.92. The van der Waals surface area contributed by atoms with E-state index >= 15 is 0 Å². The maximum absolute atomic E-state index is 11.6. The number of amides is 1. The van der Waals surface area contributed by atoms with Gasteiger partial charge in [0.15, 0.2) is 2.82 Å². The van der Waals surface area contributed by atoms with Crippen molar-refractivity contribution in [2.45, 2.75) is 18.8 Å². The lowest BCUT2D eigenvalue weighted by Gasteiger charge is -2.09. The summed E-state index contributed by atoms with van der Waals surface area (Å²) >= 11 is 0. The zero-order chi connectivity index (χ0) is 25.3. The van der Waals surface area contributed by atoms with Crippen molar-refractivity contribution in [3.8, 4) is 0 Å². The number of cyclic esters (lactones) is 1. The van der Waals surface area contributed by atoms with Crippen molar-refractivity contribution in [1.29, 1.82) is 0 Å². The second kappa shape index (κ2) is 5.77. The minimum Gasteiger partial charge on any atom is -0.447 e. The van der Waals surface area contributed by atoms with Crippen LogP contribution in [-0.2, 0) is 17.5 Å². The summed E-state index contributed by atoms with van der Waals surface area (Å²) in [7, 11) is 1.17. The Bertz CT molecular complexity index is 1110. The number of alkyl carbamates (subject to hydrolysis) is 1. The molecule has 21 heavy (non-hydrogen) atoms. The van der Waals surface area contributed by atoms with Crippen molar-refractivity contribution in [3.63, 3.8) is 0 Å². The van der Waals surface area contributed by atoms with Gasteiger partial charge >= 0.3 is 6.09 Å². The summed E-state index contributed by atoms with van der Waals surface area (Å²) in [6.07, 6.45) is -5.28. The summed E-state index contributed by atoms with van der Waals surface area (Å²) in [4.78, 5) is 12.9. The summed E-state index contributed by atoms with van der Waals surface area (Å²) < 4.78 is 102. The number of nitrogens with zero attached hydrogens (tertiary/aromatic N) is 1. The lowest BCUT2D eigenvalue weighted by Crippen LogP contribution is -2.28. The van der Waals surface area contributed by atoms with Gasteiger partial charge in [-0.05, 0) is 50.0 Å². The van der Waals surface area contributed by atoms with Crippen LogP contribution in [0.15, 0.2) is 24.3 Å². The van der Waals surface area contributed by atoms with E-state index in [0.717, 1.165) is 11.1 Å². The van der Waals surface area contributed by atoms with E-state index in [0.29, 0.717) is 4.98 Å². The van der Waals surface area contributed by atoms with Gasteiger partial charge in [0.05, 0.1) is 10.2 Å². The minimum atomic E-state index is -2.70. The third-order valence-corrected chi connectivity index (χ3v) is 2.83. The normalized spacial score (nSPS) is 29.0. The van der Waals surface area contributed by atoms with E-state index in [1.165, 1.54) is 7.05 Å². The average molecular weight is 299 g/mol. The molecule has 1 fully saturated rings. The quantitative estimate of drug-likeness (QED) is 0.887. The molecule has 0 aliphatic carbocycles. The molecule has 0 unspecified atom stereocenters. The maximum atomic E-state index is 11.6. The smallest absolute Gasteiger partial charge is 0.407 e. The van der Waals surface area contributed by atoms with Crippen LogP contribution < -0.4 is 5.31 Å². The third-order valence-electron chi connectivity index (χ3n) is 2.83. The fraction of sp³-hybridized carbons (Fsp3) is 0.438. The number of carbonyl (C=O) groups is 1. The second-order valence-electron chi connectivity index (χ2n) is 4.54. The lowest BCUT2D eigenvalue weighted by molar-refractivity contribution is 0.177. The molecular formula is C16H21N3O2. The molecule has 2 aromatic rings. The highest BCUT2D eigenvalue weighted by Gasteiger charge is 2.22. The summed E-state index contributed by atoms with van der Waals surface area (Å²) in [6.45, 7) is -3.82. The van der Waals surface area contributed by atoms with Gasteiger partial charge in [0.25, 0.3) is 0 Å². The number of rotatable bonds is 5. The van der Waals surface area contributed by atoms with Crippen LogP contribution in [0.1, 0.15) is 24.8 Å². The second-order valence-corrected chi connectivity index (χ2v) is 4.54. The number of hydrogen-bond donors (Lipinski definition) is 2. The van der Waals surface area contributed by atoms with E-state index in [2.05, 4.69) is 4.74 Å². The molecule has 2 N–H and O–H groups in total. The first-order valence-corrected chi connectivity index (χ1v) is 6.24. The lowest BCUT2D eigenvalue weighted by atomic mass is 10.0. The molecule has 5 nitrogen and oxygen atoms in total. The minimum absolute atomic E-state index is 0.244. The molecule has 0 saturated carbocycles. The molecule has 0 bridgehead atoms. The van der Waals surface area contributed by atoms with Crippen LogP contribution in [-0.4, -0.2) is 49.2 Å². The zero-order valence-corrected chi connectivity index (χ0v) is 11.2. The van der Waals surface area contributed by atoms with Gasteiger partial charge in [-0.3, -0.25) is 0 Å². The largest absolute Gasteiger partial charge is 0.447 e. The van der Waals surface area contributed by atoms with Crippen LogP contribution in [0, 0.1) is 0 Å². The van der Waals surface area contributed by atoms with E-state index < -0.39 is 68.7 Å². The fourth-order valence-electron chi connectivity index (χ4n) is 1.89. The standard InChI is InChI=1S/C16H21N3O2/c1-19(2)6-5-12-9-17-15-4-3-11(8-14(12)15)7-13-10-21-16(20)18-13/h3-4,8-9,13,17H,5-7,10H2,1-2H3,(H,18,20)/t13-/m0/s1/i1D3,3D,4D,5D2,7D2,8D/hD2. The number of H-pyrrole nitrogens is 1. The molecule has 1 saturated heterocycles. The average Bonchev–Trinajstić information content (AvgIpc) is 3.19. The molecule has 0 spiro atoms. The molecule has 112 valence electrons. The van der Waals surface area contributed by atoms with Gasteiger partial charge in [0, 0.05) is 33.2 Å². The number of aromatic amines is 1. The van der Waals surface area contributed by atoms with Crippen LogP contribution in [0.25, 0.3) is 10.9 Å². The van der Waals surface area contributed by atoms with Crippen molar-refractivity contribution < 1.29 is 26.1 Å². The number of nitrogens with one attached hydrogen (secondary N) is 2. The van der Waals surface area contributed by atoms with Crippen LogP contribution in [0.3, 0.4) is 0 Å². The van der Waals surface area contributed by atoms with Crippen molar-refractivity contribution >= 4 is 17.0 Å². The summed E-state index contributed by atoms with van der Waals surface area (Å²) in [5.41, 5.74) is -1.30. The topological polar surface area (TPSA) is 57.4 Å². The van der Waals surface area contributed by atoms with E-state index in [-0.39, 0.29) is 21.8 Å². The number of benzene rings is 1. The van der Waals surface area contributed by atoms with Crippen LogP contribution in [0.2, 0.25) is 2.82 Å². The van der Waals surface area contributed by atoms with E-state index in [9.17, 15) is 4.79 Å². The van der Waals surface area contributed by atoms with E-state index in [1.54, 1.807) is 0 Å². The van der Waals surface area contributed by atoms with Gasteiger partial charge in [-0.15, -0.1) is 0 Å². The number of aromatic nitrogens is 1. The van der Waals surface area contributed by atoms with Crippen LogP contribution in [0.5, 0.6) is 0 Å². The first-order chi connectivity index (χ1) is 14.9. The Hall–Kier alpha value is -2.01. The summed E-state index contributed by atoms with van der Waals surface area (Å²) in [5, 5.41) is -0.0797. The van der Waals surface area contributed by atoms with Crippen molar-refractivity contribution in [1.82, 2.24) is 15.2 Å². The van der Waals surface area contributed by atoms with Gasteiger partial charge in [-0.25, -0.2) is 4.79 Å². The van der Waals surface area contributed by atoms with E-state index in [1.807, 2.05) is 0 Å². The Morgan fingerprint density at radius 2 is 2.57 bits per heavy atom. The molecule has 1 aliphatic rings. The van der Waals surface area contributed by atoms with E-state index in [4.69, 9.17) is 16.5 Å². The number of likely N-dealkylation sites (N-methyl/N-ethyl adjacent to an activating group) is 1. The highest BCUT2D eigenvalue weighted by Crippen LogP contribution is 2.21. The molecular weight excluding hydrogens is 266 g/mol. The van der Waals surface area contributed by atoms with Crippen LogP contribution in [0.4, 0.5) is 4.79 Å². The number of fused-ring (bicyclic) bond motifs is 1. The zero-order valence-electron chi connectivity index (χ0n) is 23.2. The molecule has 5 heteroatoms. The third kappa shape index (κ3) is 3.19. The van der Waals surface area contributed by atoms with Gasteiger partial charge in [0.1, 0.15) is 6.61 Å². The SMILES string of the molecule is [2H]c1c(C([2H])([2H])[C@H]2COC(=O)N2[2H])c([2H])c2c(C([2H])([2H])CN(C)C([2H])([2H])[2H])cn([2H])c2c1[2H]. The maximum Gasteiger partial charge on any atom is 0.407 e. The van der Waals surface area contributed by atoms with Crippen molar-refractivity contribution in [2.24, 2.45) is 0 Å². The molecule has 1 aromatic carbocycles. The predicted molar refractivity (Wildman–Crippen MR) is 82.5 cm³/mol. The number of hydrogen-bond acceptors (Lipinski definition) is 3. The molecule has 0 radical (unpaired) electrons. The number of carbonyl (C=O) groups excluding carboxylic acids is 1. The molecule has 1 aliphatic heterocycles. The van der Waals surface area contributed by atoms with Gasteiger partial charge in [-0.1, -0.05) is 6.04 Å². The number of ether oxygens (including phenoxy) is 1. The first kappa shape index (κ1) is 5.65. The Balaban J connectivity index is 2.27. The monoisotopic (exact) mass is 299 g/mol.